The van der Waals surface area contributed by atoms with Crippen LogP contribution in [-0.4, -0.2) is 63.7 Å². The van der Waals surface area contributed by atoms with Gasteiger partial charge in [0.1, 0.15) is 6.04 Å². The van der Waals surface area contributed by atoms with E-state index >= 15 is 0 Å². The van der Waals surface area contributed by atoms with Gasteiger partial charge in [0.25, 0.3) is 0 Å². The molecular weight excluding hydrogens is 637 g/mol. The highest BCUT2D eigenvalue weighted by Gasteiger charge is 2.34. The molecule has 5 rings (SSSR count). The van der Waals surface area contributed by atoms with Gasteiger partial charge in [-0.05, 0) is 65.4 Å². The lowest BCUT2D eigenvalue weighted by molar-refractivity contribution is -0.145. The van der Waals surface area contributed by atoms with E-state index in [0.29, 0.717) is 44.7 Å². The number of halogens is 3. The summed E-state index contributed by atoms with van der Waals surface area (Å²) in [6, 6.07) is 27.6. The Morgan fingerprint density at radius 1 is 0.820 bits per heavy atom. The topological polar surface area (TPSA) is 56.8 Å². The molecule has 1 aromatic heterocycles. The molecule has 0 unspecified atom stereocenters. The van der Waals surface area contributed by atoms with Crippen molar-refractivity contribution in [1.82, 2.24) is 19.7 Å². The van der Waals surface area contributed by atoms with Crippen LogP contribution in [0.4, 0.5) is 13.2 Å². The van der Waals surface area contributed by atoms with Crippen molar-refractivity contribution in [2.75, 3.05) is 26.2 Å². The Hall–Kier alpha value is -4.76. The Morgan fingerprint density at radius 2 is 1.50 bits per heavy atom. The molecule has 2 heterocycles. The third-order valence-corrected chi connectivity index (χ3v) is 9.11. The number of unbranched alkanes of at least 4 members (excludes halogenated alkanes) is 2. The van der Waals surface area contributed by atoms with Crippen LogP contribution in [0.25, 0.3) is 6.08 Å². The molecule has 3 aromatic carbocycles. The molecule has 1 aliphatic rings. The zero-order valence-corrected chi connectivity index (χ0v) is 28.6. The minimum atomic E-state index is -4.45. The van der Waals surface area contributed by atoms with Gasteiger partial charge in [-0.1, -0.05) is 92.6 Å². The first-order valence-corrected chi connectivity index (χ1v) is 17.4. The number of aryl methyl sites for hydroxylation is 1. The SMILES string of the molecule is CCCCCc1ccc(CN(C(=O)/C=C/c2ccc(C(F)(F)F)cc2)[C@@H](Cc2ccccc2)C(=O)N2CCN(Cc3ccccn3)CC2)cc1. The number of carbonyl (C=O) groups is 2. The molecule has 4 aromatic rings. The van der Waals surface area contributed by atoms with E-state index < -0.39 is 17.8 Å². The summed E-state index contributed by atoms with van der Waals surface area (Å²) < 4.78 is 39.4. The van der Waals surface area contributed by atoms with Crippen molar-refractivity contribution < 1.29 is 22.8 Å². The third-order valence-electron chi connectivity index (χ3n) is 9.11. The van der Waals surface area contributed by atoms with E-state index in [2.05, 4.69) is 28.9 Å². The number of rotatable bonds is 14. The quantitative estimate of drug-likeness (QED) is 0.101. The lowest BCUT2D eigenvalue weighted by Gasteiger charge is -2.39. The fourth-order valence-corrected chi connectivity index (χ4v) is 6.20. The normalized spacial score (nSPS) is 14.5. The minimum absolute atomic E-state index is 0.126. The molecule has 0 bridgehead atoms. The summed E-state index contributed by atoms with van der Waals surface area (Å²) in [5.74, 6) is -0.515. The third kappa shape index (κ3) is 10.6. The van der Waals surface area contributed by atoms with Gasteiger partial charge in [0, 0.05) is 58.0 Å². The molecule has 1 fully saturated rings. The standard InChI is InChI=1S/C41H45F3N4O2/c1-2-3-5-10-32-14-16-35(17-15-32)30-48(39(49)23-20-33-18-21-36(22-19-33)41(42,43)44)38(29-34-11-6-4-7-12-34)40(50)47-27-25-46(26-28-47)31-37-13-8-9-24-45-37/h4,6-9,11-24,38H,2-3,5,10,25-31H2,1H3/b23-20+/t38-/m0/s1. The summed E-state index contributed by atoms with van der Waals surface area (Å²) in [6.07, 6.45) is 4.91. The van der Waals surface area contributed by atoms with Gasteiger partial charge in [0.15, 0.2) is 0 Å². The predicted octanol–water partition coefficient (Wildman–Crippen LogP) is 7.83. The highest BCUT2D eigenvalue weighted by atomic mass is 19.4. The number of piperazine rings is 1. The largest absolute Gasteiger partial charge is 0.416 e. The van der Waals surface area contributed by atoms with Crippen LogP contribution < -0.4 is 0 Å². The lowest BCUT2D eigenvalue weighted by atomic mass is 10.0. The van der Waals surface area contributed by atoms with Crippen LogP contribution in [0, 0.1) is 0 Å². The molecule has 6 nitrogen and oxygen atoms in total. The maximum Gasteiger partial charge on any atom is 0.416 e. The van der Waals surface area contributed by atoms with Gasteiger partial charge in [-0.3, -0.25) is 19.5 Å². The fraction of sp³-hybridized carbons (Fsp3) is 0.341. The van der Waals surface area contributed by atoms with Crippen molar-refractivity contribution in [1.29, 1.82) is 0 Å². The van der Waals surface area contributed by atoms with E-state index in [4.69, 9.17) is 0 Å². The molecule has 0 radical (unpaired) electrons. The van der Waals surface area contributed by atoms with Crippen LogP contribution in [0.15, 0.2) is 109 Å². The molecule has 0 aliphatic carbocycles. The Labute approximate surface area is 293 Å². The number of benzene rings is 3. The molecule has 0 N–H and O–H groups in total. The molecule has 0 saturated carbocycles. The van der Waals surface area contributed by atoms with Crippen LogP contribution >= 0.6 is 0 Å². The maximum atomic E-state index is 14.5. The van der Waals surface area contributed by atoms with Gasteiger partial charge in [-0.2, -0.15) is 13.2 Å². The highest BCUT2D eigenvalue weighted by molar-refractivity contribution is 5.95. The molecule has 1 aliphatic heterocycles. The molecule has 0 spiro atoms. The van der Waals surface area contributed by atoms with E-state index in [1.807, 2.05) is 65.6 Å². The molecule has 9 heteroatoms. The van der Waals surface area contributed by atoms with Gasteiger partial charge >= 0.3 is 6.18 Å². The zero-order valence-electron chi connectivity index (χ0n) is 28.6. The van der Waals surface area contributed by atoms with Gasteiger partial charge in [0.05, 0.1) is 11.3 Å². The van der Waals surface area contributed by atoms with E-state index in [9.17, 15) is 22.8 Å². The summed E-state index contributed by atoms with van der Waals surface area (Å²) in [5.41, 5.74) is 3.72. The summed E-state index contributed by atoms with van der Waals surface area (Å²) in [5, 5.41) is 0. The van der Waals surface area contributed by atoms with E-state index in [0.717, 1.165) is 54.6 Å². The average molecular weight is 683 g/mol. The first-order chi connectivity index (χ1) is 24.2. The number of carbonyl (C=O) groups excluding carboxylic acids is 2. The second kappa shape index (κ2) is 17.8. The zero-order chi connectivity index (χ0) is 35.3. The number of amides is 2. The smallest absolute Gasteiger partial charge is 0.338 e. The van der Waals surface area contributed by atoms with Gasteiger partial charge in [-0.15, -0.1) is 0 Å². The Morgan fingerprint density at radius 3 is 2.14 bits per heavy atom. The number of hydrogen-bond donors (Lipinski definition) is 0. The number of alkyl halides is 3. The summed E-state index contributed by atoms with van der Waals surface area (Å²) in [6.45, 7) is 5.48. The van der Waals surface area contributed by atoms with Crippen LogP contribution in [0.2, 0.25) is 0 Å². The van der Waals surface area contributed by atoms with Crippen molar-refractivity contribution in [3.05, 3.63) is 143 Å². The molecule has 1 atom stereocenters. The van der Waals surface area contributed by atoms with Crippen molar-refractivity contribution >= 4 is 17.9 Å². The van der Waals surface area contributed by atoms with Gasteiger partial charge in [-0.25, -0.2) is 0 Å². The van der Waals surface area contributed by atoms with E-state index in [1.54, 1.807) is 11.1 Å². The first-order valence-electron chi connectivity index (χ1n) is 17.4. The van der Waals surface area contributed by atoms with Crippen LogP contribution in [-0.2, 0) is 41.7 Å². The molecular formula is C41H45F3N4O2. The van der Waals surface area contributed by atoms with Gasteiger partial charge in [0.2, 0.25) is 11.8 Å². The molecule has 2 amide bonds. The second-order valence-electron chi connectivity index (χ2n) is 12.8. The first kappa shape index (κ1) is 36.5. The Kier molecular flexibility index (Phi) is 13.0. The number of nitrogens with zero attached hydrogens (tertiary/aromatic N) is 4. The maximum absolute atomic E-state index is 14.5. The Bertz CT molecular complexity index is 1670. The van der Waals surface area contributed by atoms with Crippen molar-refractivity contribution in [3.8, 4) is 0 Å². The Balaban J connectivity index is 1.40. The molecule has 50 heavy (non-hydrogen) atoms. The van der Waals surface area contributed by atoms with E-state index in [-0.39, 0.29) is 18.4 Å². The van der Waals surface area contributed by atoms with E-state index in [1.165, 1.54) is 29.8 Å². The summed E-state index contributed by atoms with van der Waals surface area (Å²) in [7, 11) is 0. The number of pyridine rings is 1. The van der Waals surface area contributed by atoms with Crippen LogP contribution in [0.3, 0.4) is 0 Å². The fourth-order valence-electron chi connectivity index (χ4n) is 6.20. The average Bonchev–Trinajstić information content (AvgIpc) is 3.13. The number of hydrogen-bond acceptors (Lipinski definition) is 4. The molecule has 262 valence electrons. The van der Waals surface area contributed by atoms with Crippen molar-refractivity contribution in [2.24, 2.45) is 0 Å². The molecule has 1 saturated heterocycles. The van der Waals surface area contributed by atoms with Crippen molar-refractivity contribution in [3.63, 3.8) is 0 Å². The second-order valence-corrected chi connectivity index (χ2v) is 12.8. The van der Waals surface area contributed by atoms with Crippen LogP contribution in [0.1, 0.15) is 59.7 Å². The minimum Gasteiger partial charge on any atom is -0.338 e. The van der Waals surface area contributed by atoms with Crippen LogP contribution in [0.5, 0.6) is 0 Å². The summed E-state index contributed by atoms with van der Waals surface area (Å²) in [4.78, 5) is 38.8. The van der Waals surface area contributed by atoms with Gasteiger partial charge < -0.3 is 9.80 Å². The highest BCUT2D eigenvalue weighted by Crippen LogP contribution is 2.29. The summed E-state index contributed by atoms with van der Waals surface area (Å²) >= 11 is 0. The monoisotopic (exact) mass is 682 g/mol. The lowest BCUT2D eigenvalue weighted by Crippen LogP contribution is -2.56. The van der Waals surface area contributed by atoms with Crippen molar-refractivity contribution in [2.45, 2.75) is 64.3 Å². The predicted molar refractivity (Wildman–Crippen MR) is 191 cm³/mol. The number of aromatic nitrogens is 1.